The van der Waals surface area contributed by atoms with Crippen LogP contribution in [0.4, 0.5) is 10.1 Å². The van der Waals surface area contributed by atoms with E-state index in [0.29, 0.717) is 24.2 Å². The van der Waals surface area contributed by atoms with Crippen molar-refractivity contribution in [1.82, 2.24) is 24.2 Å². The van der Waals surface area contributed by atoms with Crippen LogP contribution in [-0.2, 0) is 27.7 Å². The van der Waals surface area contributed by atoms with Crippen LogP contribution in [0, 0.1) is 5.82 Å². The van der Waals surface area contributed by atoms with E-state index in [1.54, 1.807) is 52.5 Å². The molecule has 1 atom stereocenters. The highest BCUT2D eigenvalue weighted by atomic mass is 32.2. The van der Waals surface area contributed by atoms with Gasteiger partial charge in [-0.1, -0.05) is 6.07 Å². The standard InChI is InChI=1S/C24H19FN6O2S/c1-34(33)30-12-24(13-30)19-4-5-26-10-21(19)31(23(24)32)11-20-22(16-7-27-14-28-8-16)18-3-2-17(25)6-15(18)9-29-20/h2-10,14H,11-13H2,1H3. The summed E-state index contributed by atoms with van der Waals surface area (Å²) in [7, 11) is -1.14. The minimum absolute atomic E-state index is 0.0616. The third-order valence-electron chi connectivity index (χ3n) is 6.61. The number of hydrogen-bond acceptors (Lipinski definition) is 6. The van der Waals surface area contributed by atoms with E-state index in [0.717, 1.165) is 27.8 Å². The van der Waals surface area contributed by atoms with Crippen LogP contribution in [0.2, 0.25) is 0 Å². The van der Waals surface area contributed by atoms with Crippen molar-refractivity contribution < 1.29 is 13.4 Å². The lowest BCUT2D eigenvalue weighted by Crippen LogP contribution is -2.63. The number of benzene rings is 1. The van der Waals surface area contributed by atoms with Gasteiger partial charge < -0.3 is 4.90 Å². The fourth-order valence-electron chi connectivity index (χ4n) is 4.94. The Kier molecular flexibility index (Phi) is 4.75. The normalized spacial score (nSPS) is 17.7. The van der Waals surface area contributed by atoms with Crippen molar-refractivity contribution in [2.45, 2.75) is 12.0 Å². The zero-order valence-electron chi connectivity index (χ0n) is 18.2. The van der Waals surface area contributed by atoms with Crippen LogP contribution < -0.4 is 4.90 Å². The average Bonchev–Trinajstić information content (AvgIpc) is 3.06. The maximum absolute atomic E-state index is 13.9. The quantitative estimate of drug-likeness (QED) is 0.452. The van der Waals surface area contributed by atoms with Crippen molar-refractivity contribution >= 4 is 33.4 Å². The summed E-state index contributed by atoms with van der Waals surface area (Å²) in [5.74, 6) is -0.412. The molecule has 34 heavy (non-hydrogen) atoms. The van der Waals surface area contributed by atoms with Crippen molar-refractivity contribution in [2.24, 2.45) is 0 Å². The van der Waals surface area contributed by atoms with E-state index in [-0.39, 0.29) is 18.3 Å². The van der Waals surface area contributed by atoms with E-state index in [1.807, 2.05) is 6.07 Å². The van der Waals surface area contributed by atoms with Crippen molar-refractivity contribution in [2.75, 3.05) is 24.2 Å². The number of fused-ring (bicyclic) bond motifs is 3. The van der Waals surface area contributed by atoms with Gasteiger partial charge in [-0.2, -0.15) is 0 Å². The molecule has 2 aliphatic heterocycles. The molecule has 1 unspecified atom stereocenters. The zero-order valence-corrected chi connectivity index (χ0v) is 19.0. The van der Waals surface area contributed by atoms with E-state index < -0.39 is 16.4 Å². The van der Waals surface area contributed by atoms with E-state index in [4.69, 9.17) is 0 Å². The van der Waals surface area contributed by atoms with Gasteiger partial charge in [-0.15, -0.1) is 0 Å². The summed E-state index contributed by atoms with van der Waals surface area (Å²) in [6.07, 6.45) is 11.4. The van der Waals surface area contributed by atoms with Crippen molar-refractivity contribution in [3.63, 3.8) is 0 Å². The predicted molar refractivity (Wildman–Crippen MR) is 125 cm³/mol. The summed E-state index contributed by atoms with van der Waals surface area (Å²) >= 11 is 0. The minimum Gasteiger partial charge on any atom is -0.304 e. The molecule has 0 aliphatic carbocycles. The summed E-state index contributed by atoms with van der Waals surface area (Å²) in [6, 6.07) is 6.41. The highest BCUT2D eigenvalue weighted by Crippen LogP contribution is 2.48. The third kappa shape index (κ3) is 3.06. The number of nitrogens with zero attached hydrogens (tertiary/aromatic N) is 6. The number of hydrogen-bond donors (Lipinski definition) is 0. The molecule has 2 aliphatic rings. The van der Waals surface area contributed by atoms with E-state index in [2.05, 4.69) is 19.9 Å². The topological polar surface area (TPSA) is 92.2 Å². The monoisotopic (exact) mass is 474 g/mol. The molecule has 0 radical (unpaired) electrons. The summed E-state index contributed by atoms with van der Waals surface area (Å²) in [6.45, 7) is 0.991. The first-order valence-electron chi connectivity index (χ1n) is 10.7. The minimum atomic E-state index is -1.14. The molecule has 8 nitrogen and oxygen atoms in total. The summed E-state index contributed by atoms with van der Waals surface area (Å²) in [4.78, 5) is 32.6. The van der Waals surface area contributed by atoms with Gasteiger partial charge in [-0.25, -0.2) is 22.9 Å². The lowest BCUT2D eigenvalue weighted by molar-refractivity contribution is -0.127. The maximum atomic E-state index is 13.9. The van der Waals surface area contributed by atoms with Gasteiger partial charge in [0.05, 0.1) is 35.1 Å². The number of anilines is 1. The van der Waals surface area contributed by atoms with Gasteiger partial charge in [0, 0.05) is 60.6 Å². The molecule has 10 heteroatoms. The maximum Gasteiger partial charge on any atom is 0.240 e. The van der Waals surface area contributed by atoms with Gasteiger partial charge in [0.2, 0.25) is 5.91 Å². The second kappa shape index (κ2) is 7.71. The zero-order chi connectivity index (χ0) is 23.4. The molecule has 3 aromatic heterocycles. The van der Waals surface area contributed by atoms with Gasteiger partial charge >= 0.3 is 0 Å². The van der Waals surface area contributed by atoms with Crippen LogP contribution >= 0.6 is 0 Å². The van der Waals surface area contributed by atoms with Crippen molar-refractivity contribution in [3.05, 3.63) is 78.7 Å². The van der Waals surface area contributed by atoms with E-state index >= 15 is 0 Å². The molecule has 1 spiro atoms. The lowest BCUT2D eigenvalue weighted by Gasteiger charge is -2.45. The molecule has 1 aromatic carbocycles. The predicted octanol–water partition coefficient (Wildman–Crippen LogP) is 2.62. The van der Waals surface area contributed by atoms with E-state index in [9.17, 15) is 13.4 Å². The van der Waals surface area contributed by atoms with Gasteiger partial charge in [-0.05, 0) is 29.1 Å². The number of amides is 1. The fraction of sp³-hybridized carbons (Fsp3) is 0.208. The van der Waals surface area contributed by atoms with Crippen LogP contribution in [0.3, 0.4) is 0 Å². The van der Waals surface area contributed by atoms with Gasteiger partial charge in [0.25, 0.3) is 0 Å². The average molecular weight is 475 g/mol. The van der Waals surface area contributed by atoms with Gasteiger partial charge in [0.15, 0.2) is 0 Å². The molecule has 0 N–H and O–H groups in total. The Hall–Kier alpha value is -3.63. The number of pyridine rings is 2. The van der Waals surface area contributed by atoms with Gasteiger partial charge in [0.1, 0.15) is 17.6 Å². The fourth-order valence-corrected chi connectivity index (χ4v) is 5.75. The van der Waals surface area contributed by atoms with Crippen molar-refractivity contribution in [1.29, 1.82) is 0 Å². The second-order valence-corrected chi connectivity index (χ2v) is 9.89. The van der Waals surface area contributed by atoms with Gasteiger partial charge in [-0.3, -0.25) is 14.8 Å². The Morgan fingerprint density at radius 2 is 1.88 bits per heavy atom. The lowest BCUT2D eigenvalue weighted by atomic mass is 9.76. The van der Waals surface area contributed by atoms with Crippen LogP contribution in [0.1, 0.15) is 11.3 Å². The second-order valence-electron chi connectivity index (χ2n) is 8.53. The highest BCUT2D eigenvalue weighted by Gasteiger charge is 2.59. The first kappa shape index (κ1) is 20.9. The Balaban J connectivity index is 1.47. The molecule has 6 rings (SSSR count). The van der Waals surface area contributed by atoms with Crippen LogP contribution in [0.25, 0.3) is 21.9 Å². The number of carbonyl (C=O) groups is 1. The smallest absolute Gasteiger partial charge is 0.240 e. The summed E-state index contributed by atoms with van der Waals surface area (Å²) in [5.41, 5.74) is 3.00. The molecule has 4 aromatic rings. The molecule has 0 bridgehead atoms. The Morgan fingerprint density at radius 3 is 2.65 bits per heavy atom. The molecule has 1 saturated heterocycles. The first-order chi connectivity index (χ1) is 16.5. The number of halogens is 1. The molecule has 0 saturated carbocycles. The van der Waals surface area contributed by atoms with E-state index in [1.165, 1.54) is 18.5 Å². The molecular weight excluding hydrogens is 455 g/mol. The van der Waals surface area contributed by atoms with Crippen LogP contribution in [-0.4, -0.2) is 53.7 Å². The van der Waals surface area contributed by atoms with Crippen LogP contribution in [0.15, 0.2) is 61.6 Å². The largest absolute Gasteiger partial charge is 0.304 e. The third-order valence-corrected chi connectivity index (χ3v) is 7.59. The number of carbonyl (C=O) groups excluding carboxylic acids is 1. The first-order valence-corrected chi connectivity index (χ1v) is 12.2. The number of rotatable bonds is 4. The summed E-state index contributed by atoms with van der Waals surface area (Å²) < 4.78 is 27.6. The Bertz CT molecular complexity index is 1480. The summed E-state index contributed by atoms with van der Waals surface area (Å²) in [5, 5.41) is 1.44. The molecule has 170 valence electrons. The van der Waals surface area contributed by atoms with Crippen LogP contribution in [0.5, 0.6) is 0 Å². The SMILES string of the molecule is CS(=O)N1CC2(C1)C(=O)N(Cc1ncc3cc(F)ccc3c1-c1cncnc1)c1cnccc12. The Morgan fingerprint density at radius 1 is 1.09 bits per heavy atom. The van der Waals surface area contributed by atoms with Crippen molar-refractivity contribution in [3.8, 4) is 11.1 Å². The molecule has 1 fully saturated rings. The Labute approximate surface area is 197 Å². The molecular formula is C24H19FN6O2S. The number of aromatic nitrogens is 4. The molecule has 1 amide bonds. The molecule has 5 heterocycles. The highest BCUT2D eigenvalue weighted by molar-refractivity contribution is 7.81.